The fraction of sp³-hybridized carbons (Fsp3) is 0.190. The lowest BCUT2D eigenvalue weighted by molar-refractivity contribution is -0.138. The van der Waals surface area contributed by atoms with Crippen LogP contribution in [0, 0.1) is 11.3 Å². The van der Waals surface area contributed by atoms with E-state index in [1.54, 1.807) is 32.0 Å². The summed E-state index contributed by atoms with van der Waals surface area (Å²) < 4.78 is 10.2. The fourth-order valence-corrected chi connectivity index (χ4v) is 2.39. The van der Waals surface area contributed by atoms with E-state index in [0.29, 0.717) is 5.56 Å². The van der Waals surface area contributed by atoms with E-state index in [-0.39, 0.29) is 12.2 Å². The number of ether oxygens (including phenoxy) is 2. The van der Waals surface area contributed by atoms with Crippen molar-refractivity contribution in [1.29, 1.82) is 5.26 Å². The lowest BCUT2D eigenvalue weighted by atomic mass is 10.00. The number of hydrogen-bond acceptors (Lipinski definition) is 5. The molecule has 0 heterocycles. The molecule has 0 spiro atoms. The second-order valence-electron chi connectivity index (χ2n) is 5.43. The van der Waals surface area contributed by atoms with Gasteiger partial charge in [-0.3, -0.25) is 0 Å². The molecule has 5 heteroatoms. The molecule has 1 atom stereocenters. The molecule has 0 saturated carbocycles. The zero-order valence-corrected chi connectivity index (χ0v) is 14.6. The van der Waals surface area contributed by atoms with Crippen LogP contribution in [-0.2, 0) is 14.3 Å². The molecule has 0 bridgehead atoms. The van der Waals surface area contributed by atoms with E-state index < -0.39 is 18.0 Å². The maximum Gasteiger partial charge on any atom is 0.348 e. The fourth-order valence-electron chi connectivity index (χ4n) is 2.39. The molecule has 0 fully saturated rings. The van der Waals surface area contributed by atoms with Gasteiger partial charge in [0.2, 0.25) is 0 Å². The van der Waals surface area contributed by atoms with Gasteiger partial charge in [0.1, 0.15) is 17.7 Å². The van der Waals surface area contributed by atoms with E-state index in [4.69, 9.17) is 14.7 Å². The van der Waals surface area contributed by atoms with Crippen LogP contribution < -0.4 is 0 Å². The van der Waals surface area contributed by atoms with Gasteiger partial charge in [0.25, 0.3) is 0 Å². The molecule has 2 rings (SSSR count). The minimum atomic E-state index is -0.759. The lowest BCUT2D eigenvalue weighted by Gasteiger charge is -2.13. The Morgan fingerprint density at radius 1 is 1.12 bits per heavy atom. The van der Waals surface area contributed by atoms with Gasteiger partial charge in [0.05, 0.1) is 12.2 Å². The SMILES string of the molecule is CCOC(=O)/C(C#N)=C/C(C)OC(=O)c1ccccc1-c1ccccc1. The third-order valence-electron chi connectivity index (χ3n) is 3.54. The Hall–Kier alpha value is -3.39. The molecule has 0 aliphatic rings. The van der Waals surface area contributed by atoms with Crippen LogP contribution in [0.15, 0.2) is 66.2 Å². The molecule has 0 aliphatic carbocycles. The predicted octanol–water partition coefficient (Wildman–Crippen LogP) is 3.91. The van der Waals surface area contributed by atoms with Crippen molar-refractivity contribution < 1.29 is 19.1 Å². The maximum atomic E-state index is 12.6. The van der Waals surface area contributed by atoms with E-state index in [0.717, 1.165) is 11.1 Å². The Labute approximate surface area is 152 Å². The molecule has 26 heavy (non-hydrogen) atoms. The summed E-state index contributed by atoms with van der Waals surface area (Å²) in [5.41, 5.74) is 1.87. The first kappa shape index (κ1) is 18.9. The molecule has 132 valence electrons. The van der Waals surface area contributed by atoms with Crippen molar-refractivity contribution >= 4 is 11.9 Å². The van der Waals surface area contributed by atoms with Gasteiger partial charge >= 0.3 is 11.9 Å². The number of hydrogen-bond donors (Lipinski definition) is 0. The summed E-state index contributed by atoms with van der Waals surface area (Å²) in [6.45, 7) is 3.40. The van der Waals surface area contributed by atoms with Crippen LogP contribution in [-0.4, -0.2) is 24.6 Å². The second kappa shape index (κ2) is 9.19. The molecule has 5 nitrogen and oxygen atoms in total. The van der Waals surface area contributed by atoms with Crippen LogP contribution in [0.2, 0.25) is 0 Å². The quantitative estimate of drug-likeness (QED) is 0.449. The number of nitriles is 1. The highest BCUT2D eigenvalue weighted by Crippen LogP contribution is 2.24. The highest BCUT2D eigenvalue weighted by molar-refractivity contribution is 5.97. The van der Waals surface area contributed by atoms with Crippen LogP contribution >= 0.6 is 0 Å². The summed E-state index contributed by atoms with van der Waals surface area (Å²) >= 11 is 0. The first-order valence-electron chi connectivity index (χ1n) is 8.21. The molecule has 0 saturated heterocycles. The van der Waals surface area contributed by atoms with E-state index in [1.165, 1.54) is 6.08 Å². The molecule has 0 aliphatic heterocycles. The van der Waals surface area contributed by atoms with Crippen molar-refractivity contribution in [3.8, 4) is 17.2 Å². The molecular formula is C21H19NO4. The van der Waals surface area contributed by atoms with Gasteiger partial charge in [-0.25, -0.2) is 9.59 Å². The smallest absolute Gasteiger partial charge is 0.348 e. The number of nitrogens with zero attached hydrogens (tertiary/aromatic N) is 1. The van der Waals surface area contributed by atoms with E-state index >= 15 is 0 Å². The standard InChI is InChI=1S/C21H19NO4/c1-3-25-20(23)17(14-22)13-15(2)26-21(24)19-12-8-7-11-18(19)16-9-5-4-6-10-16/h4-13,15H,3H2,1-2H3/b17-13+. The zero-order valence-electron chi connectivity index (χ0n) is 14.6. The van der Waals surface area contributed by atoms with Gasteiger partial charge in [-0.1, -0.05) is 48.5 Å². The minimum absolute atomic E-state index is 0.163. The number of carbonyl (C=O) groups excluding carboxylic acids is 2. The van der Waals surface area contributed by atoms with Gasteiger partial charge in [-0.05, 0) is 37.1 Å². The number of benzene rings is 2. The summed E-state index contributed by atoms with van der Waals surface area (Å²) in [7, 11) is 0. The first-order chi connectivity index (χ1) is 12.6. The Morgan fingerprint density at radius 3 is 2.42 bits per heavy atom. The maximum absolute atomic E-state index is 12.6. The van der Waals surface area contributed by atoms with E-state index in [1.807, 2.05) is 42.5 Å². The van der Waals surface area contributed by atoms with Crippen molar-refractivity contribution in [2.75, 3.05) is 6.61 Å². The third-order valence-corrected chi connectivity index (χ3v) is 3.54. The van der Waals surface area contributed by atoms with Crippen molar-refractivity contribution in [3.05, 3.63) is 71.8 Å². The van der Waals surface area contributed by atoms with Crippen molar-refractivity contribution in [1.82, 2.24) is 0 Å². The first-order valence-corrected chi connectivity index (χ1v) is 8.21. The molecular weight excluding hydrogens is 330 g/mol. The van der Waals surface area contributed by atoms with Gasteiger partial charge < -0.3 is 9.47 Å². The van der Waals surface area contributed by atoms with E-state index in [2.05, 4.69) is 0 Å². The average Bonchev–Trinajstić information content (AvgIpc) is 2.67. The normalized spacial score (nSPS) is 12.0. The highest BCUT2D eigenvalue weighted by Gasteiger charge is 2.18. The van der Waals surface area contributed by atoms with Gasteiger partial charge in [0, 0.05) is 0 Å². The van der Waals surface area contributed by atoms with E-state index in [9.17, 15) is 9.59 Å². The largest absolute Gasteiger partial charge is 0.462 e. The van der Waals surface area contributed by atoms with Gasteiger partial charge in [0.15, 0.2) is 0 Å². The number of carbonyl (C=O) groups is 2. The Kier molecular flexibility index (Phi) is 6.69. The van der Waals surface area contributed by atoms with Crippen LogP contribution in [0.1, 0.15) is 24.2 Å². The van der Waals surface area contributed by atoms with Gasteiger partial charge in [-0.2, -0.15) is 5.26 Å². The van der Waals surface area contributed by atoms with Crippen LogP contribution in [0.4, 0.5) is 0 Å². The van der Waals surface area contributed by atoms with Crippen molar-refractivity contribution in [2.24, 2.45) is 0 Å². The molecule has 0 N–H and O–H groups in total. The average molecular weight is 349 g/mol. The topological polar surface area (TPSA) is 76.4 Å². The minimum Gasteiger partial charge on any atom is -0.462 e. The summed E-state index contributed by atoms with van der Waals surface area (Å²) in [5, 5.41) is 9.06. The number of rotatable bonds is 6. The molecule has 0 amide bonds. The molecule has 0 aromatic heterocycles. The molecule has 2 aromatic rings. The second-order valence-corrected chi connectivity index (χ2v) is 5.43. The zero-order chi connectivity index (χ0) is 18.9. The van der Waals surface area contributed by atoms with Crippen molar-refractivity contribution in [3.63, 3.8) is 0 Å². The van der Waals surface area contributed by atoms with Gasteiger partial charge in [-0.15, -0.1) is 0 Å². The Morgan fingerprint density at radius 2 is 1.77 bits per heavy atom. The predicted molar refractivity (Wildman–Crippen MR) is 97.1 cm³/mol. The molecule has 0 radical (unpaired) electrons. The Bertz CT molecular complexity index is 850. The lowest BCUT2D eigenvalue weighted by Crippen LogP contribution is -2.16. The summed E-state index contributed by atoms with van der Waals surface area (Å²) in [4.78, 5) is 24.2. The van der Waals surface area contributed by atoms with Crippen LogP contribution in [0.5, 0.6) is 0 Å². The molecule has 2 aromatic carbocycles. The monoisotopic (exact) mass is 349 g/mol. The third kappa shape index (κ3) is 4.81. The van der Waals surface area contributed by atoms with Crippen molar-refractivity contribution in [2.45, 2.75) is 20.0 Å². The van der Waals surface area contributed by atoms with Crippen LogP contribution in [0.3, 0.4) is 0 Å². The summed E-state index contributed by atoms with van der Waals surface area (Å²) in [5.74, 6) is -1.27. The summed E-state index contributed by atoms with van der Waals surface area (Å²) in [6.07, 6.45) is 0.520. The summed E-state index contributed by atoms with van der Waals surface area (Å²) in [6, 6.07) is 18.4. The van der Waals surface area contributed by atoms with Crippen LogP contribution in [0.25, 0.3) is 11.1 Å². The number of esters is 2. The Balaban J connectivity index is 2.21. The molecule has 1 unspecified atom stereocenters. The highest BCUT2D eigenvalue weighted by atomic mass is 16.5.